The second-order valence-electron chi connectivity index (χ2n) is 4.10. The smallest absolute Gasteiger partial charge is 0.320 e. The first-order valence-electron chi connectivity index (χ1n) is 5.99. The van der Waals surface area contributed by atoms with Crippen LogP contribution in [0.1, 0.15) is 25.8 Å². The van der Waals surface area contributed by atoms with Crippen LogP contribution < -0.4 is 10.6 Å². The molecule has 1 aromatic carbocycles. The zero-order valence-electron chi connectivity index (χ0n) is 10.9. The van der Waals surface area contributed by atoms with Crippen molar-refractivity contribution >= 4 is 34.9 Å². The summed E-state index contributed by atoms with van der Waals surface area (Å²) in [5, 5.41) is 13.6. The van der Waals surface area contributed by atoms with E-state index in [2.05, 4.69) is 20.8 Å². The number of hydrogen-bond acceptors (Lipinski definition) is 5. The molecular formula is C12H13Cl2FN4O. The molecule has 0 aliphatic carbocycles. The molecular weight excluding hydrogens is 306 g/mol. The fourth-order valence-electron chi connectivity index (χ4n) is 1.60. The summed E-state index contributed by atoms with van der Waals surface area (Å²) in [4.78, 5) is 0. The van der Waals surface area contributed by atoms with E-state index in [4.69, 9.17) is 27.6 Å². The summed E-state index contributed by atoms with van der Waals surface area (Å²) in [5.41, 5.74) is 0.465. The topological polar surface area (TPSA) is 63.0 Å². The lowest BCUT2D eigenvalue weighted by Gasteiger charge is -2.06. The van der Waals surface area contributed by atoms with Crippen LogP contribution in [0.3, 0.4) is 0 Å². The van der Waals surface area contributed by atoms with Gasteiger partial charge in [0.1, 0.15) is 0 Å². The number of anilines is 2. The van der Waals surface area contributed by atoms with Gasteiger partial charge < -0.3 is 15.1 Å². The van der Waals surface area contributed by atoms with E-state index in [0.717, 1.165) is 6.54 Å². The third-order valence-electron chi connectivity index (χ3n) is 2.56. The highest BCUT2D eigenvalue weighted by atomic mass is 35.5. The van der Waals surface area contributed by atoms with Crippen molar-refractivity contribution in [1.29, 1.82) is 0 Å². The zero-order chi connectivity index (χ0) is 14.7. The summed E-state index contributed by atoms with van der Waals surface area (Å²) in [5.74, 6) is -0.209. The number of nitrogens with zero attached hydrogens (tertiary/aromatic N) is 2. The lowest BCUT2D eigenvalue weighted by atomic mass is 10.3. The first-order valence-corrected chi connectivity index (χ1v) is 6.75. The van der Waals surface area contributed by atoms with Gasteiger partial charge in [-0.2, -0.15) is 0 Å². The largest absolute Gasteiger partial charge is 0.406 e. The quantitative estimate of drug-likeness (QED) is 0.818. The lowest BCUT2D eigenvalue weighted by Crippen LogP contribution is -2.17. The molecule has 2 rings (SSSR count). The molecule has 108 valence electrons. The van der Waals surface area contributed by atoms with Crippen LogP contribution in [0.5, 0.6) is 0 Å². The van der Waals surface area contributed by atoms with Gasteiger partial charge in [-0.1, -0.05) is 35.2 Å². The van der Waals surface area contributed by atoms with Gasteiger partial charge in [0.25, 0.3) is 0 Å². The van der Waals surface area contributed by atoms with Crippen molar-refractivity contribution in [3.05, 3.63) is 33.9 Å². The minimum absolute atomic E-state index is 0.0524. The molecule has 1 aromatic heterocycles. The van der Waals surface area contributed by atoms with Crippen molar-refractivity contribution in [2.24, 2.45) is 0 Å². The molecule has 0 amide bonds. The van der Waals surface area contributed by atoms with E-state index in [0.29, 0.717) is 11.6 Å². The van der Waals surface area contributed by atoms with Gasteiger partial charge in [-0.25, -0.2) is 4.39 Å². The highest BCUT2D eigenvalue weighted by molar-refractivity contribution is 6.35. The molecule has 0 spiro atoms. The van der Waals surface area contributed by atoms with Crippen LogP contribution in [0.25, 0.3) is 0 Å². The highest BCUT2D eigenvalue weighted by Gasteiger charge is 2.14. The van der Waals surface area contributed by atoms with Crippen LogP contribution in [0, 0.1) is 5.82 Å². The predicted molar refractivity (Wildman–Crippen MR) is 76.1 cm³/mol. The first kappa shape index (κ1) is 15.0. The molecule has 2 N–H and O–H groups in total. The Morgan fingerprint density at radius 1 is 1.30 bits per heavy atom. The number of rotatable bonds is 5. The summed E-state index contributed by atoms with van der Waals surface area (Å²) in [6.07, 6.45) is 0. The van der Waals surface area contributed by atoms with E-state index in [1.54, 1.807) is 0 Å². The molecule has 1 unspecified atom stereocenters. The van der Waals surface area contributed by atoms with Crippen LogP contribution in [0.4, 0.5) is 16.1 Å². The number of benzene rings is 1. The highest BCUT2D eigenvalue weighted by Crippen LogP contribution is 2.29. The average Bonchev–Trinajstić information content (AvgIpc) is 2.85. The molecule has 0 radical (unpaired) electrons. The maximum absolute atomic E-state index is 13.3. The van der Waals surface area contributed by atoms with E-state index in [1.165, 1.54) is 12.1 Å². The summed E-state index contributed by atoms with van der Waals surface area (Å²) in [6.45, 7) is 4.68. The molecule has 0 saturated carbocycles. The SMILES string of the molecule is CCNC(C)c1nnc(Nc2cc(Cl)c(F)c(Cl)c2)o1. The summed E-state index contributed by atoms with van der Waals surface area (Å²) < 4.78 is 18.7. The van der Waals surface area contributed by atoms with Gasteiger partial charge in [-0.15, -0.1) is 5.10 Å². The Morgan fingerprint density at radius 2 is 1.95 bits per heavy atom. The molecule has 0 aliphatic heterocycles. The normalized spacial score (nSPS) is 12.4. The van der Waals surface area contributed by atoms with Gasteiger partial charge in [0.2, 0.25) is 5.89 Å². The van der Waals surface area contributed by atoms with E-state index in [9.17, 15) is 4.39 Å². The zero-order valence-corrected chi connectivity index (χ0v) is 12.4. The second kappa shape index (κ2) is 6.39. The second-order valence-corrected chi connectivity index (χ2v) is 4.92. The van der Waals surface area contributed by atoms with Crippen LogP contribution in [-0.4, -0.2) is 16.7 Å². The van der Waals surface area contributed by atoms with E-state index < -0.39 is 5.82 Å². The molecule has 0 bridgehead atoms. The van der Waals surface area contributed by atoms with Crippen molar-refractivity contribution < 1.29 is 8.81 Å². The monoisotopic (exact) mass is 318 g/mol. The van der Waals surface area contributed by atoms with Gasteiger partial charge in [-0.05, 0) is 25.6 Å². The third-order valence-corrected chi connectivity index (χ3v) is 3.11. The predicted octanol–water partition coefficient (Wildman–Crippen LogP) is 3.93. The Balaban J connectivity index is 2.14. The Kier molecular flexibility index (Phi) is 4.80. The average molecular weight is 319 g/mol. The Morgan fingerprint density at radius 3 is 2.55 bits per heavy atom. The van der Waals surface area contributed by atoms with Gasteiger partial charge in [-0.3, -0.25) is 0 Å². The Labute approximate surface area is 125 Å². The molecule has 0 fully saturated rings. The van der Waals surface area contributed by atoms with E-state index in [1.807, 2.05) is 13.8 Å². The minimum Gasteiger partial charge on any atom is -0.406 e. The van der Waals surface area contributed by atoms with E-state index in [-0.39, 0.29) is 22.1 Å². The number of hydrogen-bond donors (Lipinski definition) is 2. The van der Waals surface area contributed by atoms with Crippen molar-refractivity contribution in [1.82, 2.24) is 15.5 Å². The number of aromatic nitrogens is 2. The molecule has 1 heterocycles. The van der Waals surface area contributed by atoms with Crippen LogP contribution in [-0.2, 0) is 0 Å². The van der Waals surface area contributed by atoms with Crippen LogP contribution >= 0.6 is 23.2 Å². The van der Waals surface area contributed by atoms with Crippen molar-refractivity contribution in [2.45, 2.75) is 19.9 Å². The van der Waals surface area contributed by atoms with Crippen LogP contribution in [0.15, 0.2) is 16.5 Å². The summed E-state index contributed by atoms with van der Waals surface area (Å²) >= 11 is 11.4. The molecule has 0 saturated heterocycles. The number of nitrogens with one attached hydrogen (secondary N) is 2. The molecule has 2 aromatic rings. The van der Waals surface area contributed by atoms with Gasteiger partial charge in [0.05, 0.1) is 16.1 Å². The summed E-state index contributed by atoms with van der Waals surface area (Å²) in [7, 11) is 0. The summed E-state index contributed by atoms with van der Waals surface area (Å²) in [6, 6.07) is 2.91. The standard InChI is InChI=1S/C12H13Cl2FN4O/c1-3-16-6(2)11-18-19-12(20-11)17-7-4-8(13)10(15)9(14)5-7/h4-6,16H,3H2,1-2H3,(H,17,19). The van der Waals surface area contributed by atoms with Gasteiger partial charge in [0, 0.05) is 5.69 Å². The Bertz CT molecular complexity index is 582. The van der Waals surface area contributed by atoms with Gasteiger partial charge >= 0.3 is 6.01 Å². The first-order chi connectivity index (χ1) is 9.51. The molecule has 5 nitrogen and oxygen atoms in total. The van der Waals surface area contributed by atoms with Crippen molar-refractivity contribution in [3.63, 3.8) is 0 Å². The molecule has 1 atom stereocenters. The minimum atomic E-state index is -0.661. The fourth-order valence-corrected chi connectivity index (χ4v) is 2.09. The van der Waals surface area contributed by atoms with E-state index >= 15 is 0 Å². The maximum atomic E-state index is 13.3. The molecule has 8 heteroatoms. The lowest BCUT2D eigenvalue weighted by molar-refractivity contribution is 0.430. The Hall–Kier alpha value is -1.37. The maximum Gasteiger partial charge on any atom is 0.320 e. The molecule has 20 heavy (non-hydrogen) atoms. The fraction of sp³-hybridized carbons (Fsp3) is 0.333. The third kappa shape index (κ3) is 3.39. The van der Waals surface area contributed by atoms with Crippen LogP contribution in [0.2, 0.25) is 10.0 Å². The van der Waals surface area contributed by atoms with Gasteiger partial charge in [0.15, 0.2) is 5.82 Å². The number of halogens is 3. The molecule has 0 aliphatic rings. The van der Waals surface area contributed by atoms with Crippen molar-refractivity contribution in [2.75, 3.05) is 11.9 Å². The van der Waals surface area contributed by atoms with Crippen molar-refractivity contribution in [3.8, 4) is 0 Å².